The summed E-state index contributed by atoms with van der Waals surface area (Å²) in [5, 5.41) is 9.09. The van der Waals surface area contributed by atoms with Gasteiger partial charge in [-0.3, -0.25) is 9.69 Å². The molecule has 0 aromatic carbocycles. The molecule has 0 bridgehead atoms. The molecule has 17 heavy (non-hydrogen) atoms. The number of carboxylic acids is 1. The maximum absolute atomic E-state index is 11.1. The Bertz CT molecular complexity index is 249. The van der Waals surface area contributed by atoms with Gasteiger partial charge in [0.2, 0.25) is 0 Å². The van der Waals surface area contributed by atoms with Gasteiger partial charge in [0.05, 0.1) is 12.0 Å². The van der Waals surface area contributed by atoms with Gasteiger partial charge < -0.3 is 9.84 Å². The first-order valence-corrected chi connectivity index (χ1v) is 6.22. The van der Waals surface area contributed by atoms with Crippen LogP contribution < -0.4 is 0 Å². The number of aliphatic carboxylic acids is 1. The highest BCUT2D eigenvalue weighted by atomic mass is 16.5. The first kappa shape index (κ1) is 16.4. The molecular weight excluding hydrogens is 218 g/mol. The molecule has 0 fully saturated rings. The van der Waals surface area contributed by atoms with E-state index in [0.717, 1.165) is 13.1 Å². The van der Waals surface area contributed by atoms with Crippen molar-refractivity contribution >= 4 is 5.97 Å². The molecule has 1 atom stereocenters. The third-order valence-corrected chi connectivity index (χ3v) is 3.42. The largest absolute Gasteiger partial charge is 0.481 e. The smallest absolute Gasteiger partial charge is 0.305 e. The molecule has 4 nitrogen and oxygen atoms in total. The third kappa shape index (κ3) is 5.04. The highest BCUT2D eigenvalue weighted by Crippen LogP contribution is 2.31. The topological polar surface area (TPSA) is 49.8 Å². The summed E-state index contributed by atoms with van der Waals surface area (Å²) in [6.07, 6.45) is 0.839. The molecule has 0 aromatic heterocycles. The molecule has 0 rings (SSSR count). The Labute approximate surface area is 105 Å². The summed E-state index contributed by atoms with van der Waals surface area (Å²) in [7, 11) is 1.67. The van der Waals surface area contributed by atoms with Crippen molar-refractivity contribution in [2.45, 2.75) is 58.6 Å². The molecular formula is C13H27NO3. The fourth-order valence-corrected chi connectivity index (χ4v) is 2.59. The van der Waals surface area contributed by atoms with Gasteiger partial charge in [-0.05, 0) is 40.3 Å². The van der Waals surface area contributed by atoms with Crippen molar-refractivity contribution in [3.8, 4) is 0 Å². The third-order valence-electron chi connectivity index (χ3n) is 3.42. The Morgan fingerprint density at radius 3 is 2.00 bits per heavy atom. The average Bonchev–Trinajstić information content (AvgIpc) is 2.16. The molecule has 0 aliphatic heterocycles. The van der Waals surface area contributed by atoms with Crippen molar-refractivity contribution in [2.75, 3.05) is 20.2 Å². The zero-order valence-corrected chi connectivity index (χ0v) is 12.0. The van der Waals surface area contributed by atoms with Crippen LogP contribution in [-0.2, 0) is 9.53 Å². The van der Waals surface area contributed by atoms with E-state index in [-0.39, 0.29) is 17.6 Å². The lowest BCUT2D eigenvalue weighted by Crippen LogP contribution is -2.51. The average molecular weight is 245 g/mol. The van der Waals surface area contributed by atoms with Gasteiger partial charge in [-0.25, -0.2) is 0 Å². The van der Waals surface area contributed by atoms with Crippen LogP contribution in [0.5, 0.6) is 0 Å². The van der Waals surface area contributed by atoms with Gasteiger partial charge in [-0.15, -0.1) is 0 Å². The number of methoxy groups -OCH3 is 1. The van der Waals surface area contributed by atoms with E-state index in [2.05, 4.69) is 18.7 Å². The summed E-state index contributed by atoms with van der Waals surface area (Å²) in [6, 6.07) is 0. The fraction of sp³-hybridized carbons (Fsp3) is 0.923. The monoisotopic (exact) mass is 245 g/mol. The second kappa shape index (κ2) is 6.36. The number of carbonyl (C=O) groups is 1. The Morgan fingerprint density at radius 2 is 1.71 bits per heavy atom. The molecule has 102 valence electrons. The molecule has 0 saturated heterocycles. The molecule has 0 radical (unpaired) electrons. The Morgan fingerprint density at radius 1 is 1.24 bits per heavy atom. The van der Waals surface area contributed by atoms with Crippen LogP contribution in [0.2, 0.25) is 0 Å². The number of ether oxygens (including phenoxy) is 1. The molecule has 1 N–H and O–H groups in total. The van der Waals surface area contributed by atoms with E-state index >= 15 is 0 Å². The number of hydrogen-bond donors (Lipinski definition) is 1. The lowest BCUT2D eigenvalue weighted by molar-refractivity contribution is -0.141. The highest BCUT2D eigenvalue weighted by Gasteiger charge is 2.38. The fourth-order valence-electron chi connectivity index (χ4n) is 2.59. The van der Waals surface area contributed by atoms with Crippen LogP contribution in [0.25, 0.3) is 0 Å². The van der Waals surface area contributed by atoms with E-state index in [4.69, 9.17) is 9.84 Å². The van der Waals surface area contributed by atoms with Crippen LogP contribution in [-0.4, -0.2) is 47.3 Å². The number of nitrogens with zero attached hydrogens (tertiary/aromatic N) is 1. The lowest BCUT2D eigenvalue weighted by Gasteiger charge is -2.43. The standard InChI is InChI=1S/C13H27NO3/c1-7-14(8-2)13(5,9-11(15)16)10-12(3,4)17-6/h7-10H2,1-6H3,(H,15,16). The summed E-state index contributed by atoms with van der Waals surface area (Å²) in [5.41, 5.74) is -0.679. The first-order chi connectivity index (χ1) is 7.70. The van der Waals surface area contributed by atoms with E-state index in [1.165, 1.54) is 0 Å². The number of rotatable bonds is 8. The zero-order chi connectivity index (χ0) is 13.7. The molecule has 0 aromatic rings. The lowest BCUT2D eigenvalue weighted by atomic mass is 9.83. The molecule has 0 aliphatic carbocycles. The van der Waals surface area contributed by atoms with Gasteiger partial charge in [0.25, 0.3) is 0 Å². The van der Waals surface area contributed by atoms with Gasteiger partial charge in [0.1, 0.15) is 0 Å². The van der Waals surface area contributed by atoms with Gasteiger partial charge in [0, 0.05) is 12.6 Å². The zero-order valence-electron chi connectivity index (χ0n) is 12.0. The maximum atomic E-state index is 11.1. The Balaban J connectivity index is 5.02. The van der Waals surface area contributed by atoms with Crippen LogP contribution in [0.15, 0.2) is 0 Å². The molecule has 4 heteroatoms. The normalized spacial score (nSPS) is 15.9. The van der Waals surface area contributed by atoms with Crippen molar-refractivity contribution < 1.29 is 14.6 Å². The molecule has 0 saturated carbocycles. The van der Waals surface area contributed by atoms with E-state index in [0.29, 0.717) is 6.42 Å². The quantitative estimate of drug-likeness (QED) is 0.713. The summed E-state index contributed by atoms with van der Waals surface area (Å²) in [4.78, 5) is 13.3. The molecule has 0 spiro atoms. The van der Waals surface area contributed by atoms with Crippen LogP contribution in [0.1, 0.15) is 47.5 Å². The first-order valence-electron chi connectivity index (χ1n) is 6.22. The minimum atomic E-state index is -0.758. The van der Waals surface area contributed by atoms with Crippen molar-refractivity contribution in [3.05, 3.63) is 0 Å². The molecule has 0 aliphatic rings. The Kier molecular flexibility index (Phi) is 6.13. The van der Waals surface area contributed by atoms with Crippen LogP contribution in [0, 0.1) is 0 Å². The van der Waals surface area contributed by atoms with Crippen molar-refractivity contribution in [3.63, 3.8) is 0 Å². The second-order valence-electron chi connectivity index (χ2n) is 5.38. The van der Waals surface area contributed by atoms with Gasteiger partial charge in [-0.1, -0.05) is 13.8 Å². The molecule has 0 heterocycles. The predicted octanol–water partition coefficient (Wildman–Crippen LogP) is 2.38. The highest BCUT2D eigenvalue weighted by molar-refractivity contribution is 5.68. The van der Waals surface area contributed by atoms with E-state index in [1.54, 1.807) is 7.11 Å². The van der Waals surface area contributed by atoms with Gasteiger partial charge >= 0.3 is 5.97 Å². The summed E-state index contributed by atoms with van der Waals surface area (Å²) in [6.45, 7) is 11.8. The SMILES string of the molecule is CCN(CC)C(C)(CC(=O)O)CC(C)(C)OC. The molecule has 1 unspecified atom stereocenters. The van der Waals surface area contributed by atoms with Crippen molar-refractivity contribution in [1.29, 1.82) is 0 Å². The minimum Gasteiger partial charge on any atom is -0.481 e. The summed E-state index contributed by atoms with van der Waals surface area (Å²) >= 11 is 0. The maximum Gasteiger partial charge on any atom is 0.305 e. The van der Waals surface area contributed by atoms with E-state index in [9.17, 15) is 4.79 Å². The second-order valence-corrected chi connectivity index (χ2v) is 5.38. The number of carboxylic acid groups (broad SMARTS) is 1. The Hall–Kier alpha value is -0.610. The van der Waals surface area contributed by atoms with E-state index < -0.39 is 5.97 Å². The van der Waals surface area contributed by atoms with Crippen LogP contribution in [0.4, 0.5) is 0 Å². The van der Waals surface area contributed by atoms with Crippen LogP contribution in [0.3, 0.4) is 0 Å². The molecule has 0 amide bonds. The predicted molar refractivity (Wildman–Crippen MR) is 69.3 cm³/mol. The van der Waals surface area contributed by atoms with Gasteiger partial charge in [-0.2, -0.15) is 0 Å². The van der Waals surface area contributed by atoms with Crippen molar-refractivity contribution in [2.24, 2.45) is 0 Å². The van der Waals surface area contributed by atoms with Gasteiger partial charge in [0.15, 0.2) is 0 Å². The van der Waals surface area contributed by atoms with E-state index in [1.807, 2.05) is 20.8 Å². The summed E-state index contributed by atoms with van der Waals surface area (Å²) < 4.78 is 5.43. The minimum absolute atomic E-state index is 0.140. The van der Waals surface area contributed by atoms with Crippen LogP contribution >= 0.6 is 0 Å². The summed E-state index contributed by atoms with van der Waals surface area (Å²) in [5.74, 6) is -0.758. The number of hydrogen-bond acceptors (Lipinski definition) is 3. The van der Waals surface area contributed by atoms with Crippen molar-refractivity contribution in [1.82, 2.24) is 4.90 Å².